The highest BCUT2D eigenvalue weighted by atomic mass is 35.5. The lowest BCUT2D eigenvalue weighted by molar-refractivity contribution is -0.001000. The van der Waals surface area contributed by atoms with Gasteiger partial charge in [0.1, 0.15) is 5.69 Å². The Bertz CT molecular complexity index is 3150. The summed E-state index contributed by atoms with van der Waals surface area (Å²) in [5.41, 5.74) is 11.9. The molecule has 0 fully saturated rings. The van der Waals surface area contributed by atoms with Gasteiger partial charge in [-0.25, -0.2) is 18.8 Å². The van der Waals surface area contributed by atoms with E-state index in [0.29, 0.717) is 11.2 Å². The van der Waals surface area contributed by atoms with Gasteiger partial charge in [0.05, 0.1) is 23.9 Å². The molecule has 0 saturated heterocycles. The fourth-order valence-corrected chi connectivity index (χ4v) is 7.47. The lowest BCUT2D eigenvalue weighted by Crippen LogP contribution is -3.00. The third-order valence-corrected chi connectivity index (χ3v) is 10.2. The van der Waals surface area contributed by atoms with Crippen molar-refractivity contribution in [3.05, 3.63) is 133 Å². The number of nitrogens with zero attached hydrogens (tertiary/aromatic N) is 4. The fraction of sp³-hybridized carbons (Fsp3) is 0.0870. The average Bonchev–Trinajstić information content (AvgIpc) is 3.19. The Kier molecular flexibility index (Phi) is 9.32. The predicted molar refractivity (Wildman–Crippen MR) is 226 cm³/mol. The van der Waals surface area contributed by atoms with E-state index in [0.717, 1.165) is 99.7 Å². The standard InChI is InChI=1S/C46H36N6O2.2ClH/c1-51(2)29-19-21-34-40(24-29)53-42-26-38(32-15-7-8-16-33(32)44(42)49-34)47-36-17-9-12-27-13-10-18-37(43(27)36)48-39-23-28-11-5-6-14-31(28)45-46(39)54-41-25-30(52(3)4)20-22-35(41)50-45;;/h5-26,47-48H,1-4H3;2*1H/q+2;;/p-2. The Hall–Kier alpha value is -6.48. The van der Waals surface area contributed by atoms with Crippen LogP contribution in [0.4, 0.5) is 34.1 Å². The first-order valence-corrected chi connectivity index (χ1v) is 18.0. The number of hydrogen-bond donors (Lipinski definition) is 2. The van der Waals surface area contributed by atoms with Crippen molar-refractivity contribution < 1.29 is 33.6 Å². The second-order valence-corrected chi connectivity index (χ2v) is 14.1. The number of aromatic nitrogens is 2. The van der Waals surface area contributed by atoms with E-state index in [-0.39, 0.29) is 24.8 Å². The van der Waals surface area contributed by atoms with Crippen molar-refractivity contribution >= 4 is 111 Å². The van der Waals surface area contributed by atoms with Gasteiger partial charge in [0, 0.05) is 72.5 Å². The highest BCUT2D eigenvalue weighted by Gasteiger charge is 2.24. The van der Waals surface area contributed by atoms with Crippen LogP contribution in [0.3, 0.4) is 0 Å². The molecule has 0 aliphatic rings. The molecule has 10 aromatic rings. The maximum atomic E-state index is 6.74. The van der Waals surface area contributed by atoms with Gasteiger partial charge in [-0.05, 0) is 53.2 Å². The largest absolute Gasteiger partial charge is 1.00 e. The quantitative estimate of drug-likeness (QED) is 0.123. The maximum absolute atomic E-state index is 6.74. The van der Waals surface area contributed by atoms with Crippen LogP contribution in [0.5, 0.6) is 0 Å². The summed E-state index contributed by atoms with van der Waals surface area (Å²) in [4.78, 5) is 14.4. The van der Waals surface area contributed by atoms with Crippen molar-refractivity contribution in [3.8, 4) is 0 Å². The minimum absolute atomic E-state index is 0. The number of rotatable bonds is 6. The van der Waals surface area contributed by atoms with Crippen LogP contribution in [0, 0.1) is 0 Å². The van der Waals surface area contributed by atoms with Crippen molar-refractivity contribution in [3.63, 3.8) is 0 Å². The lowest BCUT2D eigenvalue weighted by Gasteiger charge is -2.16. The second-order valence-electron chi connectivity index (χ2n) is 14.1. The molecule has 2 N–H and O–H groups in total. The second kappa shape index (κ2) is 14.3. The SMILES string of the molecule is CN(C)c1ccc2nc3c(cc(Nc4cccc5cccc(Nc6cc7ccccc7c7nc8ccc(N(C)C)cc8[o+]c67)c45)c4ccccc43)[o+]c2c1.[Cl-].[Cl-]. The molecule has 276 valence electrons. The van der Waals surface area contributed by atoms with Crippen molar-refractivity contribution in [1.82, 2.24) is 9.97 Å². The summed E-state index contributed by atoms with van der Waals surface area (Å²) < 4.78 is 13.3. The summed E-state index contributed by atoms with van der Waals surface area (Å²) in [6.45, 7) is 0. The van der Waals surface area contributed by atoms with E-state index in [1.165, 1.54) is 0 Å². The third kappa shape index (κ3) is 6.13. The molecule has 0 saturated carbocycles. The number of fused-ring (bicyclic) bond motifs is 9. The lowest BCUT2D eigenvalue weighted by atomic mass is 10.0. The first-order chi connectivity index (χ1) is 26.4. The smallest absolute Gasteiger partial charge is 0.402 e. The molecule has 0 spiro atoms. The Labute approximate surface area is 335 Å². The van der Waals surface area contributed by atoms with E-state index in [9.17, 15) is 0 Å². The average molecular weight is 776 g/mol. The molecule has 56 heavy (non-hydrogen) atoms. The molecule has 0 unspecified atom stereocenters. The zero-order chi connectivity index (χ0) is 36.5. The zero-order valence-corrected chi connectivity index (χ0v) is 32.6. The highest BCUT2D eigenvalue weighted by Crippen LogP contribution is 2.41. The molecule has 2 aromatic heterocycles. The van der Waals surface area contributed by atoms with Crippen LogP contribution in [0.15, 0.2) is 142 Å². The molecule has 0 bridgehead atoms. The predicted octanol–water partition coefficient (Wildman–Crippen LogP) is 5.92. The van der Waals surface area contributed by atoms with Gasteiger partial charge in [-0.2, -0.15) is 0 Å². The molecule has 0 aliphatic carbocycles. The number of anilines is 6. The van der Waals surface area contributed by atoms with Gasteiger partial charge < -0.3 is 45.2 Å². The normalized spacial score (nSPS) is 11.3. The van der Waals surface area contributed by atoms with Crippen molar-refractivity contribution in [2.24, 2.45) is 0 Å². The molecule has 0 amide bonds. The minimum atomic E-state index is 0. The summed E-state index contributed by atoms with van der Waals surface area (Å²) in [5, 5.41) is 13.9. The van der Waals surface area contributed by atoms with E-state index in [4.69, 9.17) is 18.8 Å². The van der Waals surface area contributed by atoms with Crippen molar-refractivity contribution in [2.75, 3.05) is 48.6 Å². The molecule has 10 heteroatoms. The van der Waals surface area contributed by atoms with Crippen LogP contribution < -0.4 is 45.2 Å². The van der Waals surface area contributed by atoms with E-state index in [1.54, 1.807) is 0 Å². The molecular weight excluding hydrogens is 739 g/mol. The summed E-state index contributed by atoms with van der Waals surface area (Å²) in [7, 11) is 8.10. The van der Waals surface area contributed by atoms with Gasteiger partial charge in [-0.1, -0.05) is 72.8 Å². The third-order valence-electron chi connectivity index (χ3n) is 10.2. The summed E-state index contributed by atoms with van der Waals surface area (Å²) in [6.07, 6.45) is 0. The zero-order valence-electron chi connectivity index (χ0n) is 31.1. The van der Waals surface area contributed by atoms with Crippen molar-refractivity contribution in [2.45, 2.75) is 0 Å². The highest BCUT2D eigenvalue weighted by molar-refractivity contribution is 6.15. The van der Waals surface area contributed by atoms with Gasteiger partial charge >= 0.3 is 22.3 Å². The summed E-state index contributed by atoms with van der Waals surface area (Å²) in [5.74, 6) is 0. The fourth-order valence-electron chi connectivity index (χ4n) is 7.47. The van der Waals surface area contributed by atoms with E-state index in [1.807, 2.05) is 64.6 Å². The molecular formula is C46H36Cl2N6O2. The van der Waals surface area contributed by atoms with Crippen LogP contribution in [0.1, 0.15) is 0 Å². The van der Waals surface area contributed by atoms with E-state index in [2.05, 4.69) is 117 Å². The summed E-state index contributed by atoms with van der Waals surface area (Å²) >= 11 is 0. The number of nitrogens with one attached hydrogen (secondary N) is 2. The molecule has 8 nitrogen and oxygen atoms in total. The van der Waals surface area contributed by atoms with Gasteiger partial charge in [-0.15, -0.1) is 0 Å². The van der Waals surface area contributed by atoms with E-state index < -0.39 is 0 Å². The maximum Gasteiger partial charge on any atom is 0.402 e. The van der Waals surface area contributed by atoms with Crippen LogP contribution >= 0.6 is 0 Å². The molecule has 0 atom stereocenters. The van der Waals surface area contributed by atoms with Gasteiger partial charge in [0.15, 0.2) is 22.1 Å². The van der Waals surface area contributed by atoms with Gasteiger partial charge in [0.2, 0.25) is 0 Å². The molecule has 0 radical (unpaired) electrons. The van der Waals surface area contributed by atoms with E-state index >= 15 is 0 Å². The number of benzene rings is 8. The first-order valence-electron chi connectivity index (χ1n) is 18.0. The Morgan fingerprint density at radius 3 is 1.66 bits per heavy atom. The molecule has 2 heterocycles. The summed E-state index contributed by atoms with van der Waals surface area (Å²) in [6, 6.07) is 45.8. The monoisotopic (exact) mass is 774 g/mol. The first kappa shape index (κ1) is 36.5. The number of hydrogen-bond acceptors (Lipinski definition) is 6. The Morgan fingerprint density at radius 2 is 1.00 bits per heavy atom. The minimum Gasteiger partial charge on any atom is -1.00 e. The molecule has 10 rings (SSSR count). The Morgan fingerprint density at radius 1 is 0.446 bits per heavy atom. The van der Waals surface area contributed by atoms with Gasteiger partial charge in [-0.3, -0.25) is 0 Å². The topological polar surface area (TPSA) is 78.9 Å². The van der Waals surface area contributed by atoms with Crippen molar-refractivity contribution in [1.29, 1.82) is 0 Å². The van der Waals surface area contributed by atoms with Crippen LogP contribution in [-0.4, -0.2) is 38.2 Å². The van der Waals surface area contributed by atoms with Gasteiger partial charge in [0.25, 0.3) is 0 Å². The Balaban J connectivity index is 0.00000220. The molecule has 0 aliphatic heterocycles. The molecule has 8 aromatic carbocycles. The van der Waals surface area contributed by atoms with Crippen LogP contribution in [0.25, 0.3) is 76.7 Å². The van der Waals surface area contributed by atoms with Crippen LogP contribution in [0.2, 0.25) is 0 Å². The number of halogens is 2. The van der Waals surface area contributed by atoms with Crippen LogP contribution in [-0.2, 0) is 0 Å².